The minimum absolute atomic E-state index is 0.205. The van der Waals surface area contributed by atoms with Crippen LogP contribution < -0.4 is 5.32 Å². The Bertz CT molecular complexity index is 440. The summed E-state index contributed by atoms with van der Waals surface area (Å²) in [6.45, 7) is 3.49. The van der Waals surface area contributed by atoms with Crippen molar-refractivity contribution in [2.24, 2.45) is 0 Å². The van der Waals surface area contributed by atoms with E-state index in [4.69, 9.17) is 6.42 Å². The summed E-state index contributed by atoms with van der Waals surface area (Å²) in [5.74, 6) is 2.36. The summed E-state index contributed by atoms with van der Waals surface area (Å²) in [4.78, 5) is 11.4. The van der Waals surface area contributed by atoms with Crippen LogP contribution in [0, 0.1) is 12.3 Å². The number of benzene rings is 1. The highest BCUT2D eigenvalue weighted by Crippen LogP contribution is 2.02. The summed E-state index contributed by atoms with van der Waals surface area (Å²) >= 11 is 0. The lowest BCUT2D eigenvalue weighted by Crippen LogP contribution is -2.34. The van der Waals surface area contributed by atoms with Crippen LogP contribution in [0.15, 0.2) is 55.1 Å². The first kappa shape index (κ1) is 12.8. The molecule has 1 unspecified atom stereocenters. The number of nitrogens with one attached hydrogen (secondary N) is 1. The van der Waals surface area contributed by atoms with E-state index in [2.05, 4.69) is 17.8 Å². The van der Waals surface area contributed by atoms with Gasteiger partial charge in [-0.3, -0.25) is 4.79 Å². The Balaban J connectivity index is 2.56. The highest BCUT2D eigenvalue weighted by Gasteiger charge is 2.07. The largest absolute Gasteiger partial charge is 0.339 e. The molecular weight excluding hydrogens is 210 g/mol. The number of hydrogen-bond acceptors (Lipinski definition) is 1. The van der Waals surface area contributed by atoms with Crippen LogP contribution in [0.5, 0.6) is 0 Å². The Kier molecular flexibility index (Phi) is 5.33. The molecule has 1 amide bonds. The molecule has 0 heterocycles. The van der Waals surface area contributed by atoms with Gasteiger partial charge in [-0.05, 0) is 5.56 Å². The molecule has 1 aromatic carbocycles. The molecule has 1 N–H and O–H groups in total. The molecule has 0 radical (unpaired) electrons. The maximum atomic E-state index is 11.4. The molecule has 0 aliphatic rings. The molecule has 0 fully saturated rings. The third-order valence-electron chi connectivity index (χ3n) is 2.18. The summed E-state index contributed by atoms with van der Waals surface area (Å²) < 4.78 is 0. The molecule has 0 saturated carbocycles. The van der Waals surface area contributed by atoms with Crippen molar-refractivity contribution in [2.75, 3.05) is 0 Å². The van der Waals surface area contributed by atoms with Gasteiger partial charge in [0.05, 0.1) is 6.04 Å². The van der Waals surface area contributed by atoms with E-state index in [1.165, 1.54) is 6.08 Å². The molecule has 0 spiro atoms. The van der Waals surface area contributed by atoms with Crippen LogP contribution >= 0.6 is 0 Å². The summed E-state index contributed by atoms with van der Waals surface area (Å²) in [6.07, 6.45) is 10.5. The van der Waals surface area contributed by atoms with Gasteiger partial charge in [0.1, 0.15) is 0 Å². The van der Waals surface area contributed by atoms with Crippen LogP contribution in [0.1, 0.15) is 5.56 Å². The number of carbonyl (C=O) groups is 1. The first-order valence-corrected chi connectivity index (χ1v) is 5.36. The second-order valence-corrected chi connectivity index (χ2v) is 3.51. The highest BCUT2D eigenvalue weighted by atomic mass is 16.1. The lowest BCUT2D eigenvalue weighted by Gasteiger charge is -2.11. The van der Waals surface area contributed by atoms with Crippen molar-refractivity contribution in [3.8, 4) is 12.3 Å². The molecule has 0 aliphatic carbocycles. The van der Waals surface area contributed by atoms with Gasteiger partial charge in [0, 0.05) is 12.5 Å². The van der Waals surface area contributed by atoms with Crippen molar-refractivity contribution in [1.29, 1.82) is 0 Å². The minimum atomic E-state index is -0.292. The number of amides is 1. The smallest absolute Gasteiger partial charge is 0.244 e. The summed E-state index contributed by atoms with van der Waals surface area (Å²) in [7, 11) is 0. The van der Waals surface area contributed by atoms with Crippen LogP contribution in [0.3, 0.4) is 0 Å². The zero-order valence-electron chi connectivity index (χ0n) is 9.60. The third kappa shape index (κ3) is 4.85. The van der Waals surface area contributed by atoms with Gasteiger partial charge >= 0.3 is 0 Å². The van der Waals surface area contributed by atoms with Crippen molar-refractivity contribution in [2.45, 2.75) is 12.5 Å². The van der Waals surface area contributed by atoms with E-state index in [0.29, 0.717) is 6.42 Å². The Morgan fingerprint density at radius 1 is 1.47 bits per heavy atom. The Morgan fingerprint density at radius 2 is 2.18 bits per heavy atom. The molecule has 1 aromatic rings. The maximum absolute atomic E-state index is 11.4. The lowest BCUT2D eigenvalue weighted by molar-refractivity contribution is -0.116. The fourth-order valence-electron chi connectivity index (χ4n) is 1.38. The molecule has 1 rings (SSSR count). The third-order valence-corrected chi connectivity index (χ3v) is 2.18. The summed E-state index contributed by atoms with van der Waals surface area (Å²) in [5, 5.41) is 2.74. The fraction of sp³-hybridized carbons (Fsp3) is 0.133. The van der Waals surface area contributed by atoms with E-state index < -0.39 is 0 Å². The number of allylic oxidation sites excluding steroid dienone is 2. The molecule has 0 aliphatic heterocycles. The Morgan fingerprint density at radius 3 is 2.76 bits per heavy atom. The molecule has 0 bridgehead atoms. The van der Waals surface area contributed by atoms with E-state index in [9.17, 15) is 4.79 Å². The predicted molar refractivity (Wildman–Crippen MR) is 70.2 cm³/mol. The quantitative estimate of drug-likeness (QED) is 0.464. The molecule has 2 heteroatoms. The lowest BCUT2D eigenvalue weighted by atomic mass is 10.1. The van der Waals surface area contributed by atoms with Crippen LogP contribution in [-0.4, -0.2) is 11.9 Å². The van der Waals surface area contributed by atoms with Crippen LogP contribution in [0.25, 0.3) is 0 Å². The molecule has 0 saturated heterocycles. The first-order valence-electron chi connectivity index (χ1n) is 5.36. The topological polar surface area (TPSA) is 29.1 Å². The van der Waals surface area contributed by atoms with Crippen LogP contribution in [0.4, 0.5) is 0 Å². The second kappa shape index (κ2) is 7.08. The van der Waals surface area contributed by atoms with Gasteiger partial charge in [0.15, 0.2) is 0 Å². The van der Waals surface area contributed by atoms with Crippen molar-refractivity contribution in [3.05, 3.63) is 60.7 Å². The SMILES string of the molecule is C#CC(Cc1ccccc1)NC(=O)C=CC=C. The van der Waals surface area contributed by atoms with Gasteiger partial charge in [-0.15, -0.1) is 6.42 Å². The standard InChI is InChI=1S/C15H15NO/c1-3-5-11-15(17)16-14(4-2)12-13-9-7-6-8-10-13/h2-3,5-11,14H,1,12H2,(H,16,17). The van der Waals surface area contributed by atoms with Crippen LogP contribution in [-0.2, 0) is 11.2 Å². The van der Waals surface area contributed by atoms with Gasteiger partial charge in [0.25, 0.3) is 0 Å². The van der Waals surface area contributed by atoms with Crippen molar-refractivity contribution in [1.82, 2.24) is 5.32 Å². The molecule has 86 valence electrons. The monoisotopic (exact) mass is 225 g/mol. The maximum Gasteiger partial charge on any atom is 0.244 e. The Labute approximate surface area is 102 Å². The highest BCUT2D eigenvalue weighted by molar-refractivity contribution is 5.88. The van der Waals surface area contributed by atoms with E-state index in [1.54, 1.807) is 12.2 Å². The van der Waals surface area contributed by atoms with E-state index in [1.807, 2.05) is 30.3 Å². The fourth-order valence-corrected chi connectivity index (χ4v) is 1.38. The minimum Gasteiger partial charge on any atom is -0.339 e. The summed E-state index contributed by atoms with van der Waals surface area (Å²) in [6, 6.07) is 9.51. The number of rotatable bonds is 5. The average Bonchev–Trinajstić information content (AvgIpc) is 2.36. The van der Waals surface area contributed by atoms with E-state index in [0.717, 1.165) is 5.56 Å². The van der Waals surface area contributed by atoms with Crippen molar-refractivity contribution >= 4 is 5.91 Å². The molecule has 0 aromatic heterocycles. The van der Waals surface area contributed by atoms with E-state index in [-0.39, 0.29) is 11.9 Å². The Hall–Kier alpha value is -2.27. The average molecular weight is 225 g/mol. The number of terminal acetylenes is 1. The molecule has 2 nitrogen and oxygen atoms in total. The zero-order chi connectivity index (χ0) is 12.5. The second-order valence-electron chi connectivity index (χ2n) is 3.51. The molecular formula is C15H15NO. The predicted octanol–water partition coefficient (Wildman–Crippen LogP) is 2.09. The number of hydrogen-bond donors (Lipinski definition) is 1. The van der Waals surface area contributed by atoms with E-state index >= 15 is 0 Å². The molecule has 1 atom stereocenters. The van der Waals surface area contributed by atoms with Gasteiger partial charge in [-0.25, -0.2) is 0 Å². The van der Waals surface area contributed by atoms with Crippen LogP contribution in [0.2, 0.25) is 0 Å². The van der Waals surface area contributed by atoms with Gasteiger partial charge < -0.3 is 5.32 Å². The zero-order valence-corrected chi connectivity index (χ0v) is 9.60. The van der Waals surface area contributed by atoms with Crippen molar-refractivity contribution in [3.63, 3.8) is 0 Å². The van der Waals surface area contributed by atoms with Crippen molar-refractivity contribution < 1.29 is 4.79 Å². The summed E-state index contributed by atoms with van der Waals surface area (Å²) in [5.41, 5.74) is 1.10. The normalized spacial score (nSPS) is 11.7. The first-order chi connectivity index (χ1) is 8.26. The van der Waals surface area contributed by atoms with Gasteiger partial charge in [-0.2, -0.15) is 0 Å². The molecule has 17 heavy (non-hydrogen) atoms. The number of carbonyl (C=O) groups excluding carboxylic acids is 1. The van der Waals surface area contributed by atoms with Gasteiger partial charge in [0.2, 0.25) is 5.91 Å². The van der Waals surface area contributed by atoms with Gasteiger partial charge in [-0.1, -0.05) is 55.0 Å².